The zero-order chi connectivity index (χ0) is 23.0. The van der Waals surface area contributed by atoms with Gasteiger partial charge in [0.2, 0.25) is 10.0 Å². The highest BCUT2D eigenvalue weighted by molar-refractivity contribution is 7.89. The molecule has 11 heteroatoms. The molecule has 172 valence electrons. The lowest BCUT2D eigenvalue weighted by molar-refractivity contribution is 0.184. The number of rotatable bonds is 6. The van der Waals surface area contributed by atoms with Crippen LogP contribution >= 0.6 is 34.5 Å². The van der Waals surface area contributed by atoms with Crippen LogP contribution in [-0.4, -0.2) is 66.4 Å². The van der Waals surface area contributed by atoms with Crippen LogP contribution in [0.4, 0.5) is 5.82 Å². The highest BCUT2D eigenvalue weighted by Crippen LogP contribution is 2.30. The highest BCUT2D eigenvalue weighted by atomic mass is 35.5. The predicted octanol–water partition coefficient (Wildman–Crippen LogP) is 4.42. The molecule has 1 atom stereocenters. The molecular weight excluding hydrogens is 489 g/mol. The first-order valence-electron chi connectivity index (χ1n) is 10.3. The third-order valence-corrected chi connectivity index (χ3v) is 9.21. The van der Waals surface area contributed by atoms with E-state index in [9.17, 15) is 8.42 Å². The van der Waals surface area contributed by atoms with Crippen molar-refractivity contribution >= 4 is 60.6 Å². The second-order valence-corrected chi connectivity index (χ2v) is 11.7. The Hall–Kier alpha value is -1.49. The molecule has 1 aliphatic heterocycles. The second kappa shape index (κ2) is 9.40. The molecule has 0 amide bonds. The standard InChI is InChI=1S/C21H25Cl2N5O2S2/c1-13-12-31-20-19(13)25-15(3)26-21(20)24-14(2)11-27-6-8-28(9-7-27)32(29,30)16-4-5-17(22)18(23)10-16/h4-5,10,12,14H,6-9,11H2,1-3H3,(H,24,25,26). The van der Waals surface area contributed by atoms with Gasteiger partial charge in [0.05, 0.1) is 25.2 Å². The maximum atomic E-state index is 13.0. The lowest BCUT2D eigenvalue weighted by Gasteiger charge is -2.35. The van der Waals surface area contributed by atoms with E-state index in [-0.39, 0.29) is 16.0 Å². The van der Waals surface area contributed by atoms with Crippen LogP contribution in [-0.2, 0) is 10.0 Å². The van der Waals surface area contributed by atoms with Gasteiger partial charge in [-0.1, -0.05) is 23.2 Å². The summed E-state index contributed by atoms with van der Waals surface area (Å²) in [7, 11) is -3.60. The lowest BCUT2D eigenvalue weighted by Crippen LogP contribution is -2.50. The van der Waals surface area contributed by atoms with Gasteiger partial charge >= 0.3 is 0 Å². The predicted molar refractivity (Wildman–Crippen MR) is 132 cm³/mol. The van der Waals surface area contributed by atoms with E-state index >= 15 is 0 Å². The minimum absolute atomic E-state index is 0.146. The molecule has 2 aromatic heterocycles. The number of piperazine rings is 1. The van der Waals surface area contributed by atoms with E-state index in [1.807, 2.05) is 6.92 Å². The molecule has 1 saturated heterocycles. The third kappa shape index (κ3) is 4.88. The monoisotopic (exact) mass is 513 g/mol. The summed E-state index contributed by atoms with van der Waals surface area (Å²) in [5.74, 6) is 1.61. The Bertz CT molecular complexity index is 1240. The smallest absolute Gasteiger partial charge is 0.243 e. The van der Waals surface area contributed by atoms with E-state index in [2.05, 4.69) is 39.4 Å². The van der Waals surface area contributed by atoms with E-state index in [0.29, 0.717) is 31.2 Å². The van der Waals surface area contributed by atoms with Gasteiger partial charge in [-0.3, -0.25) is 4.90 Å². The summed E-state index contributed by atoms with van der Waals surface area (Å²) in [4.78, 5) is 11.6. The maximum Gasteiger partial charge on any atom is 0.243 e. The van der Waals surface area contributed by atoms with E-state index in [1.54, 1.807) is 11.3 Å². The normalized spacial score (nSPS) is 17.0. The first-order valence-corrected chi connectivity index (χ1v) is 13.4. The van der Waals surface area contributed by atoms with Gasteiger partial charge in [0, 0.05) is 38.8 Å². The zero-order valence-electron chi connectivity index (χ0n) is 18.1. The molecule has 1 aromatic carbocycles. The number of anilines is 1. The summed E-state index contributed by atoms with van der Waals surface area (Å²) in [5.41, 5.74) is 2.16. The number of hydrogen-bond acceptors (Lipinski definition) is 7. The van der Waals surface area contributed by atoms with Crippen LogP contribution in [0.3, 0.4) is 0 Å². The van der Waals surface area contributed by atoms with Gasteiger partial charge < -0.3 is 5.32 Å². The number of benzene rings is 1. The van der Waals surface area contributed by atoms with Crippen molar-refractivity contribution < 1.29 is 8.42 Å². The Kier molecular flexibility index (Phi) is 6.95. The number of fused-ring (bicyclic) bond motifs is 1. The van der Waals surface area contributed by atoms with Crippen LogP contribution in [0.5, 0.6) is 0 Å². The first-order chi connectivity index (χ1) is 15.1. The fourth-order valence-electron chi connectivity index (χ4n) is 3.85. The molecule has 1 aliphatic rings. The fraction of sp³-hybridized carbons (Fsp3) is 0.429. The van der Waals surface area contributed by atoms with Crippen LogP contribution in [0.1, 0.15) is 18.3 Å². The minimum atomic E-state index is -3.60. The van der Waals surface area contributed by atoms with Crippen molar-refractivity contribution in [3.05, 3.63) is 45.0 Å². The van der Waals surface area contributed by atoms with Crippen LogP contribution in [0.2, 0.25) is 10.0 Å². The van der Waals surface area contributed by atoms with E-state index in [0.717, 1.165) is 34.0 Å². The molecule has 3 aromatic rings. The van der Waals surface area contributed by atoms with Crippen LogP contribution < -0.4 is 5.32 Å². The minimum Gasteiger partial charge on any atom is -0.365 e. The average molecular weight is 515 g/mol. The number of halogens is 2. The van der Waals surface area contributed by atoms with Gasteiger partial charge in [0.15, 0.2) is 0 Å². The Morgan fingerprint density at radius 3 is 2.53 bits per heavy atom. The van der Waals surface area contributed by atoms with Crippen molar-refractivity contribution in [2.45, 2.75) is 31.7 Å². The molecule has 32 heavy (non-hydrogen) atoms. The van der Waals surface area contributed by atoms with Crippen molar-refractivity contribution in [2.75, 3.05) is 38.0 Å². The van der Waals surface area contributed by atoms with Gasteiger partial charge in [0.25, 0.3) is 0 Å². The summed E-state index contributed by atoms with van der Waals surface area (Å²) in [6.07, 6.45) is 0. The topological polar surface area (TPSA) is 78.4 Å². The summed E-state index contributed by atoms with van der Waals surface area (Å²) in [5, 5.41) is 6.20. The molecule has 4 rings (SSSR count). The molecule has 7 nitrogen and oxygen atoms in total. The second-order valence-electron chi connectivity index (χ2n) is 8.04. The summed E-state index contributed by atoms with van der Waals surface area (Å²) in [6.45, 7) is 9.03. The number of thiophene rings is 1. The summed E-state index contributed by atoms with van der Waals surface area (Å²) in [6, 6.07) is 4.57. The number of aromatic nitrogens is 2. The van der Waals surface area contributed by atoms with Crippen molar-refractivity contribution in [1.29, 1.82) is 0 Å². The number of hydrogen-bond donors (Lipinski definition) is 1. The van der Waals surface area contributed by atoms with Crippen LogP contribution in [0.15, 0.2) is 28.5 Å². The summed E-state index contributed by atoms with van der Waals surface area (Å²) < 4.78 is 28.5. The molecule has 0 radical (unpaired) electrons. The Morgan fingerprint density at radius 2 is 1.84 bits per heavy atom. The highest BCUT2D eigenvalue weighted by Gasteiger charge is 2.29. The molecule has 0 saturated carbocycles. The molecule has 1 N–H and O–H groups in total. The first kappa shape index (κ1) is 23.7. The maximum absolute atomic E-state index is 13.0. The molecule has 0 bridgehead atoms. The number of nitrogens with one attached hydrogen (secondary N) is 1. The molecule has 3 heterocycles. The lowest BCUT2D eigenvalue weighted by atomic mass is 10.2. The van der Waals surface area contributed by atoms with E-state index in [1.165, 1.54) is 22.5 Å². The van der Waals surface area contributed by atoms with E-state index < -0.39 is 10.0 Å². The quantitative estimate of drug-likeness (QED) is 0.525. The van der Waals surface area contributed by atoms with Crippen molar-refractivity contribution in [3.8, 4) is 0 Å². The Morgan fingerprint density at radius 1 is 1.12 bits per heavy atom. The van der Waals surface area contributed by atoms with Gasteiger partial charge in [-0.2, -0.15) is 4.31 Å². The van der Waals surface area contributed by atoms with Gasteiger partial charge in [-0.15, -0.1) is 11.3 Å². The molecule has 1 unspecified atom stereocenters. The summed E-state index contributed by atoms with van der Waals surface area (Å²) >= 11 is 13.6. The zero-order valence-corrected chi connectivity index (χ0v) is 21.2. The van der Waals surface area contributed by atoms with Crippen molar-refractivity contribution in [1.82, 2.24) is 19.2 Å². The molecule has 0 aliphatic carbocycles. The van der Waals surface area contributed by atoms with Gasteiger partial charge in [-0.05, 0) is 49.9 Å². The average Bonchev–Trinajstić information content (AvgIpc) is 3.11. The fourth-order valence-corrected chi connectivity index (χ4v) is 6.60. The third-order valence-electron chi connectivity index (χ3n) is 5.48. The Labute approximate surface area is 202 Å². The van der Waals surface area contributed by atoms with Gasteiger partial charge in [0.1, 0.15) is 11.6 Å². The molecular formula is C21H25Cl2N5O2S2. The number of aryl methyl sites for hydroxylation is 2. The van der Waals surface area contributed by atoms with Crippen LogP contribution in [0, 0.1) is 13.8 Å². The number of nitrogens with zero attached hydrogens (tertiary/aromatic N) is 4. The molecule has 1 fully saturated rings. The largest absolute Gasteiger partial charge is 0.365 e. The molecule has 0 spiro atoms. The number of sulfonamides is 1. The SMILES string of the molecule is Cc1nc(NC(C)CN2CCN(S(=O)(=O)c3ccc(Cl)c(Cl)c3)CC2)c2scc(C)c2n1. The Balaban J connectivity index is 1.37. The van der Waals surface area contributed by atoms with Crippen molar-refractivity contribution in [3.63, 3.8) is 0 Å². The van der Waals surface area contributed by atoms with Crippen LogP contribution in [0.25, 0.3) is 10.2 Å². The van der Waals surface area contributed by atoms with Crippen molar-refractivity contribution in [2.24, 2.45) is 0 Å². The van der Waals surface area contributed by atoms with Gasteiger partial charge in [-0.25, -0.2) is 18.4 Å². The van der Waals surface area contributed by atoms with E-state index in [4.69, 9.17) is 23.2 Å².